The standard InChI is InChI=1S/C22H18ClF2NO5.Ca/c23-18-10-20-17(9-19(18)25)22(31-16-3-1-2-13(24)6-16)12(11-26-20)4-5-14(27)7-15(28)8-21(29)30;/h1-6,9-11,14-15,27-28H,7-8H2,(H,29,30);/q;+2/b5-4+;/t14-,15-;/m1./s1. The van der Waals surface area contributed by atoms with E-state index in [1.54, 1.807) is 0 Å². The predicted octanol–water partition coefficient (Wildman–Crippen LogP) is 4.18. The van der Waals surface area contributed by atoms with Gasteiger partial charge in [0.15, 0.2) is 0 Å². The zero-order valence-corrected chi connectivity index (χ0v) is 19.7. The number of aliphatic hydroxyl groups excluding tert-OH is 2. The van der Waals surface area contributed by atoms with Crippen molar-refractivity contribution in [3.05, 3.63) is 70.9 Å². The molecular formula is C22H18CaClF2NO5+2. The van der Waals surface area contributed by atoms with Crippen LogP contribution in [0.25, 0.3) is 17.0 Å². The number of hydrogen-bond acceptors (Lipinski definition) is 5. The molecule has 0 radical (unpaired) electrons. The molecule has 0 amide bonds. The molecule has 3 N–H and O–H groups in total. The molecule has 3 aromatic rings. The second-order valence-electron chi connectivity index (χ2n) is 6.80. The van der Waals surface area contributed by atoms with Gasteiger partial charge < -0.3 is 20.1 Å². The molecule has 1 aromatic heterocycles. The third-order valence-electron chi connectivity index (χ3n) is 4.33. The summed E-state index contributed by atoms with van der Waals surface area (Å²) >= 11 is 5.83. The van der Waals surface area contributed by atoms with E-state index in [1.165, 1.54) is 42.6 Å². The van der Waals surface area contributed by atoms with Crippen LogP contribution in [-0.2, 0) is 4.79 Å². The fourth-order valence-corrected chi connectivity index (χ4v) is 3.07. The average molecular weight is 490 g/mol. The van der Waals surface area contributed by atoms with E-state index in [-0.39, 0.29) is 66.1 Å². The third-order valence-corrected chi connectivity index (χ3v) is 4.62. The number of carbonyl (C=O) groups is 1. The molecule has 0 spiro atoms. The molecule has 0 fully saturated rings. The summed E-state index contributed by atoms with van der Waals surface area (Å²) in [6, 6.07) is 7.85. The van der Waals surface area contributed by atoms with E-state index in [4.69, 9.17) is 21.4 Å². The van der Waals surface area contributed by atoms with Crippen LogP contribution >= 0.6 is 11.6 Å². The van der Waals surface area contributed by atoms with Crippen molar-refractivity contribution in [1.29, 1.82) is 0 Å². The number of carboxylic acid groups (broad SMARTS) is 1. The molecule has 0 aliphatic heterocycles. The van der Waals surface area contributed by atoms with Crippen LogP contribution in [0.2, 0.25) is 5.02 Å². The van der Waals surface area contributed by atoms with Gasteiger partial charge in [-0.15, -0.1) is 0 Å². The molecule has 2 aromatic carbocycles. The van der Waals surface area contributed by atoms with Crippen molar-refractivity contribution < 1.29 is 33.6 Å². The molecule has 6 nitrogen and oxygen atoms in total. The van der Waals surface area contributed by atoms with Crippen molar-refractivity contribution in [3.8, 4) is 11.5 Å². The Morgan fingerprint density at radius 1 is 1.22 bits per heavy atom. The largest absolute Gasteiger partial charge is 2.00 e. The average Bonchev–Trinajstić information content (AvgIpc) is 2.68. The number of rotatable bonds is 8. The van der Waals surface area contributed by atoms with Gasteiger partial charge >= 0.3 is 43.7 Å². The SMILES string of the molecule is O=C(O)C[C@H](O)C[C@H](O)/C=C/c1cnc2cc(Cl)c(F)cc2c1Oc1cccc(F)c1.[Ca+2]. The minimum Gasteiger partial charge on any atom is -0.481 e. The zero-order chi connectivity index (χ0) is 22.5. The van der Waals surface area contributed by atoms with Crippen LogP contribution in [0.15, 0.2) is 48.7 Å². The topological polar surface area (TPSA) is 99.9 Å². The summed E-state index contributed by atoms with van der Waals surface area (Å²) in [5.41, 5.74) is 0.678. The van der Waals surface area contributed by atoms with Crippen LogP contribution in [-0.4, -0.2) is 76.2 Å². The Morgan fingerprint density at radius 3 is 2.66 bits per heavy atom. The van der Waals surface area contributed by atoms with Crippen LogP contribution in [0, 0.1) is 11.6 Å². The fraction of sp³-hybridized carbons (Fsp3) is 0.182. The Labute approximate surface area is 217 Å². The van der Waals surface area contributed by atoms with Crippen LogP contribution in [0.3, 0.4) is 0 Å². The molecule has 3 rings (SSSR count). The molecule has 1 heterocycles. The van der Waals surface area contributed by atoms with E-state index in [1.807, 2.05) is 0 Å². The van der Waals surface area contributed by atoms with E-state index in [0.29, 0.717) is 11.1 Å². The summed E-state index contributed by atoms with van der Waals surface area (Å²) < 4.78 is 33.5. The molecule has 2 atom stereocenters. The second-order valence-corrected chi connectivity index (χ2v) is 7.21. The van der Waals surface area contributed by atoms with E-state index < -0.39 is 36.2 Å². The number of fused-ring (bicyclic) bond motifs is 1. The number of ether oxygens (including phenoxy) is 1. The molecule has 162 valence electrons. The monoisotopic (exact) mass is 489 g/mol. The number of aromatic nitrogens is 1. The van der Waals surface area contributed by atoms with Crippen molar-refractivity contribution in [2.75, 3.05) is 0 Å². The maximum atomic E-state index is 14.1. The molecule has 0 unspecified atom stereocenters. The molecule has 32 heavy (non-hydrogen) atoms. The number of halogens is 3. The van der Waals surface area contributed by atoms with Gasteiger partial charge in [0.05, 0.1) is 29.2 Å². The Morgan fingerprint density at radius 2 is 1.97 bits per heavy atom. The minimum atomic E-state index is -1.23. The number of aliphatic hydroxyl groups is 2. The maximum Gasteiger partial charge on any atom is 2.00 e. The Kier molecular flexibility index (Phi) is 9.82. The van der Waals surface area contributed by atoms with E-state index >= 15 is 0 Å². The van der Waals surface area contributed by atoms with Crippen molar-refractivity contribution in [1.82, 2.24) is 4.98 Å². The molecule has 0 aliphatic rings. The molecule has 10 heteroatoms. The molecule has 0 saturated carbocycles. The predicted molar refractivity (Wildman–Crippen MR) is 117 cm³/mol. The summed E-state index contributed by atoms with van der Waals surface area (Å²) in [7, 11) is 0. The van der Waals surface area contributed by atoms with Gasteiger partial charge in [0.2, 0.25) is 0 Å². The molecular weight excluding hydrogens is 472 g/mol. The first-order valence-corrected chi connectivity index (χ1v) is 9.58. The van der Waals surface area contributed by atoms with Crippen molar-refractivity contribution in [3.63, 3.8) is 0 Å². The van der Waals surface area contributed by atoms with Gasteiger partial charge in [-0.25, -0.2) is 8.78 Å². The fourth-order valence-electron chi connectivity index (χ4n) is 2.92. The molecule has 0 saturated heterocycles. The first-order valence-electron chi connectivity index (χ1n) is 9.20. The number of benzene rings is 2. The van der Waals surface area contributed by atoms with Crippen molar-refractivity contribution in [2.24, 2.45) is 0 Å². The zero-order valence-electron chi connectivity index (χ0n) is 16.7. The summed E-state index contributed by atoms with van der Waals surface area (Å²) in [4.78, 5) is 14.9. The smallest absolute Gasteiger partial charge is 0.481 e. The first-order chi connectivity index (χ1) is 14.7. The summed E-state index contributed by atoms with van der Waals surface area (Å²) in [6.45, 7) is 0. The van der Waals surface area contributed by atoms with Crippen LogP contribution in [0.1, 0.15) is 18.4 Å². The van der Waals surface area contributed by atoms with Crippen molar-refractivity contribution >= 4 is 72.3 Å². The Hall–Kier alpha value is -1.81. The van der Waals surface area contributed by atoms with Gasteiger partial charge in [0.25, 0.3) is 0 Å². The van der Waals surface area contributed by atoms with E-state index in [2.05, 4.69) is 4.98 Å². The maximum absolute atomic E-state index is 14.1. The Balaban J connectivity index is 0.00000363. The van der Waals surface area contributed by atoms with Gasteiger partial charge in [-0.05, 0) is 24.3 Å². The van der Waals surface area contributed by atoms with Crippen LogP contribution in [0.4, 0.5) is 8.78 Å². The minimum absolute atomic E-state index is 0. The number of aliphatic carboxylic acids is 1. The summed E-state index contributed by atoms with van der Waals surface area (Å²) in [6.07, 6.45) is 1.07. The van der Waals surface area contributed by atoms with Gasteiger partial charge in [-0.2, -0.15) is 0 Å². The van der Waals surface area contributed by atoms with Gasteiger partial charge in [-0.1, -0.05) is 29.8 Å². The summed E-state index contributed by atoms with van der Waals surface area (Å²) in [5.74, 6) is -2.09. The van der Waals surface area contributed by atoms with Crippen molar-refractivity contribution in [2.45, 2.75) is 25.0 Å². The van der Waals surface area contributed by atoms with E-state index in [0.717, 1.165) is 12.1 Å². The van der Waals surface area contributed by atoms with Crippen LogP contribution in [0.5, 0.6) is 11.5 Å². The number of nitrogens with zero attached hydrogens (tertiary/aromatic N) is 1. The van der Waals surface area contributed by atoms with Gasteiger partial charge in [-0.3, -0.25) is 9.78 Å². The van der Waals surface area contributed by atoms with E-state index in [9.17, 15) is 23.8 Å². The quantitative estimate of drug-likeness (QED) is 0.410. The first kappa shape index (κ1) is 26.4. The normalized spacial score (nSPS) is 13.0. The summed E-state index contributed by atoms with van der Waals surface area (Å²) in [5, 5.41) is 28.6. The number of hydrogen-bond donors (Lipinski definition) is 3. The second kappa shape index (κ2) is 11.9. The number of pyridine rings is 1. The third kappa shape index (κ3) is 7.10. The molecule has 0 aliphatic carbocycles. The van der Waals surface area contributed by atoms with Gasteiger partial charge in [0, 0.05) is 29.6 Å². The number of carboxylic acids is 1. The van der Waals surface area contributed by atoms with Crippen LogP contribution < -0.4 is 4.74 Å². The van der Waals surface area contributed by atoms with Gasteiger partial charge in [0.1, 0.15) is 23.1 Å². The Bertz CT molecular complexity index is 1140. The molecule has 0 bridgehead atoms.